The van der Waals surface area contributed by atoms with Crippen LogP contribution in [0.5, 0.6) is 0 Å². The first-order valence-electron chi connectivity index (χ1n) is 14.1. The number of rotatable bonds is 12. The van der Waals surface area contributed by atoms with Crippen molar-refractivity contribution in [2.45, 2.75) is 97.5 Å². The van der Waals surface area contributed by atoms with Crippen LogP contribution in [0.15, 0.2) is 49.0 Å². The van der Waals surface area contributed by atoms with Crippen molar-refractivity contribution >= 4 is 0 Å². The lowest BCUT2D eigenvalue weighted by atomic mass is 9.53. The van der Waals surface area contributed by atoms with Crippen LogP contribution in [0.25, 0.3) is 0 Å². The van der Waals surface area contributed by atoms with Crippen LogP contribution in [0, 0.1) is 29.1 Å². The minimum atomic E-state index is 0.271. The van der Waals surface area contributed by atoms with E-state index in [1.54, 1.807) is 6.26 Å². The van der Waals surface area contributed by atoms with E-state index in [-0.39, 0.29) is 5.41 Å². The summed E-state index contributed by atoms with van der Waals surface area (Å²) in [6, 6.07) is 0. The molecule has 0 radical (unpaired) electrons. The number of allylic oxidation sites excluding steroid dienone is 4. The second-order valence-electron chi connectivity index (χ2n) is 11.1. The first-order chi connectivity index (χ1) is 16.5. The van der Waals surface area contributed by atoms with Gasteiger partial charge in [-0.1, -0.05) is 58.4 Å². The Bertz CT molecular complexity index is 707. The summed E-state index contributed by atoms with van der Waals surface area (Å²) < 4.78 is 18.3. The molecule has 192 valence electrons. The molecular formula is C31H50O3. The Hall–Kier alpha value is -1.48. The molecule has 0 spiro atoms. The van der Waals surface area contributed by atoms with Crippen molar-refractivity contribution in [2.24, 2.45) is 29.1 Å². The number of hydrogen-bond donors (Lipinski definition) is 0. The molecule has 0 aromatic rings. The van der Waals surface area contributed by atoms with E-state index in [1.165, 1.54) is 44.1 Å². The van der Waals surface area contributed by atoms with Gasteiger partial charge in [0.05, 0.1) is 25.6 Å². The second-order valence-corrected chi connectivity index (χ2v) is 11.1. The highest BCUT2D eigenvalue weighted by Gasteiger charge is 2.56. The van der Waals surface area contributed by atoms with E-state index in [1.807, 2.05) is 0 Å². The molecule has 0 aromatic carbocycles. The zero-order valence-electron chi connectivity index (χ0n) is 22.2. The first kappa shape index (κ1) is 27.1. The summed E-state index contributed by atoms with van der Waals surface area (Å²) in [6.07, 6.45) is 21.6. The first-order valence-corrected chi connectivity index (χ1v) is 14.1. The Morgan fingerprint density at radius 1 is 1.06 bits per heavy atom. The maximum Gasteiger partial charge on any atom is 0.119 e. The average Bonchev–Trinajstić information content (AvgIpc) is 3.14. The Kier molecular flexibility index (Phi) is 10.8. The molecule has 0 aromatic heterocycles. The molecule has 3 rings (SSSR count). The summed E-state index contributed by atoms with van der Waals surface area (Å²) in [4.78, 5) is 0. The molecule has 0 amide bonds. The number of fused-ring (bicyclic) bond motifs is 3. The predicted octanol–water partition coefficient (Wildman–Crippen LogP) is 8.39. The normalized spacial score (nSPS) is 36.0. The second kappa shape index (κ2) is 13.6. The molecule has 3 nitrogen and oxygen atoms in total. The summed E-state index contributed by atoms with van der Waals surface area (Å²) in [5.41, 5.74) is 1.47. The Labute approximate surface area is 209 Å². The van der Waals surface area contributed by atoms with Crippen LogP contribution in [-0.2, 0) is 14.2 Å². The van der Waals surface area contributed by atoms with Crippen LogP contribution >= 0.6 is 0 Å². The van der Waals surface area contributed by atoms with E-state index >= 15 is 0 Å². The SMILES string of the molecule is C=COCC[C@H]1CC2(C)C(OCCCC)CCC2C2CCC(=C)/C=C(OCCCC)\C=C/CC21. The van der Waals surface area contributed by atoms with E-state index in [0.29, 0.717) is 23.9 Å². The third-order valence-corrected chi connectivity index (χ3v) is 8.84. The fraction of sp³-hybridized carbons (Fsp3) is 0.742. The van der Waals surface area contributed by atoms with E-state index in [9.17, 15) is 0 Å². The van der Waals surface area contributed by atoms with E-state index < -0.39 is 0 Å². The van der Waals surface area contributed by atoms with Crippen molar-refractivity contribution in [1.29, 1.82) is 0 Å². The van der Waals surface area contributed by atoms with Crippen molar-refractivity contribution in [3.8, 4) is 0 Å². The quantitative estimate of drug-likeness (QED) is 0.212. The zero-order valence-corrected chi connectivity index (χ0v) is 22.2. The Morgan fingerprint density at radius 2 is 1.85 bits per heavy atom. The molecule has 2 fully saturated rings. The minimum absolute atomic E-state index is 0.271. The molecule has 3 aliphatic rings. The maximum absolute atomic E-state index is 6.55. The monoisotopic (exact) mass is 470 g/mol. The molecule has 0 heterocycles. The van der Waals surface area contributed by atoms with Gasteiger partial charge in [-0.25, -0.2) is 0 Å². The Balaban J connectivity index is 1.81. The fourth-order valence-corrected chi connectivity index (χ4v) is 7.06. The van der Waals surface area contributed by atoms with Gasteiger partial charge in [0.1, 0.15) is 5.76 Å². The number of ether oxygens (including phenoxy) is 3. The molecule has 2 saturated carbocycles. The van der Waals surface area contributed by atoms with Crippen molar-refractivity contribution in [2.75, 3.05) is 19.8 Å². The third kappa shape index (κ3) is 6.80. The number of hydrogen-bond acceptors (Lipinski definition) is 3. The van der Waals surface area contributed by atoms with Crippen molar-refractivity contribution in [1.82, 2.24) is 0 Å². The van der Waals surface area contributed by atoms with Gasteiger partial charge in [-0.3, -0.25) is 0 Å². The zero-order chi connectivity index (χ0) is 24.4. The maximum atomic E-state index is 6.55. The lowest BCUT2D eigenvalue weighted by Gasteiger charge is -2.52. The predicted molar refractivity (Wildman–Crippen MR) is 142 cm³/mol. The van der Waals surface area contributed by atoms with Crippen LogP contribution in [-0.4, -0.2) is 25.9 Å². The minimum Gasteiger partial charge on any atom is -0.502 e. The smallest absolute Gasteiger partial charge is 0.119 e. The average molecular weight is 471 g/mol. The molecule has 0 saturated heterocycles. The van der Waals surface area contributed by atoms with Gasteiger partial charge in [-0.2, -0.15) is 0 Å². The third-order valence-electron chi connectivity index (χ3n) is 8.84. The number of unbranched alkanes of at least 4 members (excludes halogenated alkanes) is 2. The van der Waals surface area contributed by atoms with Crippen LogP contribution < -0.4 is 0 Å². The van der Waals surface area contributed by atoms with Gasteiger partial charge in [0, 0.05) is 6.61 Å². The van der Waals surface area contributed by atoms with Gasteiger partial charge in [0.2, 0.25) is 0 Å². The summed E-state index contributed by atoms with van der Waals surface area (Å²) in [5, 5.41) is 0. The lowest BCUT2D eigenvalue weighted by Crippen LogP contribution is -2.48. The molecule has 34 heavy (non-hydrogen) atoms. The van der Waals surface area contributed by atoms with E-state index in [2.05, 4.69) is 52.2 Å². The standard InChI is InChI=1S/C31H50O3/c1-6-9-19-33-26-12-11-13-27-25(18-21-32-8-3)23-31(5)29(28(27)15-14-24(4)22-26)16-17-30(31)34-20-10-7-2/h8,11-12,22,25,27-30H,3-4,6-7,9-10,13-21,23H2,1-2,5H3/b12-11-,26-22+/t25-,27?,28?,29?,30?,31?/m0/s1. The van der Waals surface area contributed by atoms with Gasteiger partial charge < -0.3 is 14.2 Å². The molecule has 5 unspecified atom stereocenters. The van der Waals surface area contributed by atoms with Crippen molar-refractivity contribution < 1.29 is 14.2 Å². The van der Waals surface area contributed by atoms with Crippen LogP contribution in [0.1, 0.15) is 91.4 Å². The summed E-state index contributed by atoms with van der Waals surface area (Å²) in [7, 11) is 0. The molecule has 6 atom stereocenters. The molecule has 0 N–H and O–H groups in total. The topological polar surface area (TPSA) is 27.7 Å². The van der Waals surface area contributed by atoms with Gasteiger partial charge in [0.15, 0.2) is 0 Å². The van der Waals surface area contributed by atoms with Crippen molar-refractivity contribution in [3.05, 3.63) is 49.0 Å². The van der Waals surface area contributed by atoms with Gasteiger partial charge in [-0.15, -0.1) is 0 Å². The van der Waals surface area contributed by atoms with Crippen molar-refractivity contribution in [3.63, 3.8) is 0 Å². The van der Waals surface area contributed by atoms with E-state index in [0.717, 1.165) is 63.6 Å². The largest absolute Gasteiger partial charge is 0.502 e. The van der Waals surface area contributed by atoms with Crippen LogP contribution in [0.3, 0.4) is 0 Å². The molecular weight excluding hydrogens is 420 g/mol. The van der Waals surface area contributed by atoms with Gasteiger partial charge >= 0.3 is 0 Å². The summed E-state index contributed by atoms with van der Waals surface area (Å²) in [6.45, 7) is 17.6. The lowest BCUT2D eigenvalue weighted by molar-refractivity contribution is -0.0950. The molecule has 0 bridgehead atoms. The van der Waals surface area contributed by atoms with Crippen LogP contribution in [0.4, 0.5) is 0 Å². The van der Waals surface area contributed by atoms with Gasteiger partial charge in [-0.05, 0) is 99.0 Å². The van der Waals surface area contributed by atoms with Crippen LogP contribution in [0.2, 0.25) is 0 Å². The highest BCUT2D eigenvalue weighted by molar-refractivity contribution is 5.25. The molecule has 3 heteroatoms. The summed E-state index contributed by atoms with van der Waals surface area (Å²) >= 11 is 0. The Morgan fingerprint density at radius 3 is 2.62 bits per heavy atom. The summed E-state index contributed by atoms with van der Waals surface area (Å²) in [5.74, 6) is 3.76. The van der Waals surface area contributed by atoms with Gasteiger partial charge in [0.25, 0.3) is 0 Å². The molecule has 3 aliphatic carbocycles. The molecule has 0 aliphatic heterocycles. The fourth-order valence-electron chi connectivity index (χ4n) is 7.06. The highest BCUT2D eigenvalue weighted by Crippen LogP contribution is 2.61. The highest BCUT2D eigenvalue weighted by atomic mass is 16.5. The van der Waals surface area contributed by atoms with E-state index in [4.69, 9.17) is 14.2 Å².